The highest BCUT2D eigenvalue weighted by atomic mass is 35.5. The lowest BCUT2D eigenvalue weighted by Gasteiger charge is -2.31. The fraction of sp³-hybridized carbons (Fsp3) is 0.200. The van der Waals surface area contributed by atoms with Crippen LogP contribution in [0, 0.1) is 5.92 Å². The zero-order chi connectivity index (χ0) is 33.8. The van der Waals surface area contributed by atoms with Gasteiger partial charge >= 0.3 is 17.2 Å². The molecule has 17 heteroatoms. The van der Waals surface area contributed by atoms with Crippen molar-refractivity contribution in [1.29, 1.82) is 0 Å². The van der Waals surface area contributed by atoms with Gasteiger partial charge in [-0.15, -0.1) is 0 Å². The summed E-state index contributed by atoms with van der Waals surface area (Å²) in [7, 11) is 0. The molecule has 0 bridgehead atoms. The number of hydrogen-bond donors (Lipinski definition) is 2. The van der Waals surface area contributed by atoms with Gasteiger partial charge in [0.15, 0.2) is 6.61 Å². The molecule has 2 N–H and O–H groups in total. The second-order valence-electron chi connectivity index (χ2n) is 10.4. The lowest BCUT2D eigenvalue weighted by Crippen LogP contribution is -2.32. The molecule has 3 atom stereocenters. The largest absolute Gasteiger partial charge is 0.483 e. The molecule has 47 heavy (non-hydrogen) atoms. The zero-order valence-corrected chi connectivity index (χ0v) is 25.6. The molecule has 1 fully saturated rings. The van der Waals surface area contributed by atoms with E-state index in [1.807, 2.05) is 0 Å². The van der Waals surface area contributed by atoms with Gasteiger partial charge in [0.05, 0.1) is 27.8 Å². The lowest BCUT2D eigenvalue weighted by atomic mass is 9.82. The first-order chi connectivity index (χ1) is 22.1. The van der Waals surface area contributed by atoms with Crippen LogP contribution in [-0.4, -0.2) is 34.6 Å². The molecule has 4 aromatic rings. The molecular weight excluding hydrogens is 696 g/mol. The minimum absolute atomic E-state index is 0.00816. The van der Waals surface area contributed by atoms with Crippen molar-refractivity contribution in [2.24, 2.45) is 5.92 Å². The molecular formula is C30H18ClF6N3O5S2. The summed E-state index contributed by atoms with van der Waals surface area (Å²) in [6, 6.07) is 12.0. The van der Waals surface area contributed by atoms with Crippen LogP contribution >= 0.6 is 34.7 Å². The molecule has 2 unspecified atom stereocenters. The number of nitrogens with zero attached hydrogens (tertiary/aromatic N) is 1. The molecule has 0 radical (unpaired) electrons. The molecule has 1 aromatic heterocycles. The number of benzene rings is 3. The van der Waals surface area contributed by atoms with E-state index in [-0.39, 0.29) is 32.7 Å². The number of aromatic amines is 1. The minimum atomic E-state index is -4.74. The number of rotatable bonds is 6. The van der Waals surface area contributed by atoms with E-state index in [1.165, 1.54) is 30.3 Å². The first kappa shape index (κ1) is 32.7. The number of hydrogen-bond acceptors (Lipinski definition) is 7. The maximum atomic E-state index is 14.0. The number of nitrogens with one attached hydrogen (secondary N) is 2. The number of aromatic nitrogens is 1. The SMILES string of the molecule is O=C(COc1ccc(Cl)cc1[C@H]1c2sc(=O)[nH]c2SC2C(=O)N(c3cccc(C(F)(F)F)c3)C(=O)C21)Nc1cccc(C(F)(F)F)c1. The molecule has 3 heterocycles. The normalized spacial score (nSPS) is 19.4. The van der Waals surface area contributed by atoms with E-state index in [1.54, 1.807) is 0 Å². The maximum Gasteiger partial charge on any atom is 0.416 e. The van der Waals surface area contributed by atoms with E-state index in [4.69, 9.17) is 16.3 Å². The molecule has 0 spiro atoms. The van der Waals surface area contributed by atoms with E-state index in [0.717, 1.165) is 53.4 Å². The van der Waals surface area contributed by atoms with Gasteiger partial charge in [0.1, 0.15) is 11.0 Å². The van der Waals surface area contributed by atoms with Crippen LogP contribution in [0.1, 0.15) is 27.5 Å². The van der Waals surface area contributed by atoms with Crippen LogP contribution in [0.4, 0.5) is 37.7 Å². The van der Waals surface area contributed by atoms with Gasteiger partial charge < -0.3 is 15.0 Å². The molecule has 2 aliphatic rings. The summed E-state index contributed by atoms with van der Waals surface area (Å²) in [5.41, 5.74) is -2.26. The molecule has 6 rings (SSSR count). The Balaban J connectivity index is 1.34. The summed E-state index contributed by atoms with van der Waals surface area (Å²) in [5, 5.41) is 1.59. The Morgan fingerprint density at radius 3 is 2.30 bits per heavy atom. The van der Waals surface area contributed by atoms with E-state index >= 15 is 0 Å². The number of fused-ring (bicyclic) bond motifs is 2. The highest BCUT2D eigenvalue weighted by Crippen LogP contribution is 2.55. The van der Waals surface area contributed by atoms with Crippen molar-refractivity contribution in [3.63, 3.8) is 0 Å². The fourth-order valence-electron chi connectivity index (χ4n) is 5.44. The molecule has 244 valence electrons. The van der Waals surface area contributed by atoms with Crippen LogP contribution in [0.3, 0.4) is 0 Å². The number of carbonyl (C=O) groups is 3. The Bertz CT molecular complexity index is 1980. The van der Waals surface area contributed by atoms with Crippen LogP contribution in [-0.2, 0) is 26.7 Å². The minimum Gasteiger partial charge on any atom is -0.483 e. The highest BCUT2D eigenvalue weighted by Gasteiger charge is 2.57. The quantitative estimate of drug-likeness (QED) is 0.166. The number of alkyl halides is 6. The summed E-state index contributed by atoms with van der Waals surface area (Å²) < 4.78 is 85.5. The third-order valence-corrected chi connectivity index (χ3v) is 10.0. The Morgan fingerprint density at radius 2 is 1.60 bits per heavy atom. The number of carbonyl (C=O) groups excluding carboxylic acids is 3. The van der Waals surface area contributed by atoms with Gasteiger partial charge in [-0.1, -0.05) is 46.8 Å². The number of thiazole rings is 1. The summed E-state index contributed by atoms with van der Waals surface area (Å²) >= 11 is 7.98. The lowest BCUT2D eigenvalue weighted by molar-refractivity contribution is -0.138. The number of H-pyrrole nitrogens is 1. The smallest absolute Gasteiger partial charge is 0.416 e. The number of anilines is 2. The second kappa shape index (κ2) is 12.1. The summed E-state index contributed by atoms with van der Waals surface area (Å²) in [4.78, 5) is 56.0. The van der Waals surface area contributed by atoms with Gasteiger partial charge in [-0.2, -0.15) is 26.3 Å². The van der Waals surface area contributed by atoms with Crippen molar-refractivity contribution >= 4 is 63.8 Å². The first-order valence-corrected chi connectivity index (χ1v) is 15.5. The van der Waals surface area contributed by atoms with Crippen LogP contribution < -0.4 is 19.8 Å². The van der Waals surface area contributed by atoms with Crippen LogP contribution in [0.25, 0.3) is 0 Å². The van der Waals surface area contributed by atoms with E-state index in [0.29, 0.717) is 15.8 Å². The van der Waals surface area contributed by atoms with Gasteiger partial charge in [0.25, 0.3) is 5.91 Å². The van der Waals surface area contributed by atoms with E-state index < -0.39 is 69.8 Å². The van der Waals surface area contributed by atoms with Crippen molar-refractivity contribution < 1.29 is 45.5 Å². The monoisotopic (exact) mass is 713 g/mol. The molecule has 0 aliphatic carbocycles. The summed E-state index contributed by atoms with van der Waals surface area (Å²) in [5.74, 6) is -4.71. The Hall–Kier alpha value is -4.28. The molecule has 2 aliphatic heterocycles. The number of amides is 3. The van der Waals surface area contributed by atoms with Gasteiger partial charge in [-0.05, 0) is 54.6 Å². The fourth-order valence-corrected chi connectivity index (χ4v) is 8.12. The predicted octanol–water partition coefficient (Wildman–Crippen LogP) is 6.94. The number of ether oxygens (including phenoxy) is 1. The highest BCUT2D eigenvalue weighted by molar-refractivity contribution is 8.00. The molecule has 3 amide bonds. The maximum absolute atomic E-state index is 14.0. The summed E-state index contributed by atoms with van der Waals surface area (Å²) in [6.45, 7) is -0.695. The average molecular weight is 714 g/mol. The number of imide groups is 1. The zero-order valence-electron chi connectivity index (χ0n) is 23.2. The molecule has 0 saturated carbocycles. The van der Waals surface area contributed by atoms with Crippen LogP contribution in [0.15, 0.2) is 76.6 Å². The van der Waals surface area contributed by atoms with Gasteiger partial charge in [-0.3, -0.25) is 19.2 Å². The average Bonchev–Trinajstić information content (AvgIpc) is 3.49. The Morgan fingerprint density at radius 1 is 0.915 bits per heavy atom. The standard InChI is InChI=1S/C30H18ClF6N3O5S2/c31-15-7-8-19(45-12-20(41)38-16-5-1-3-13(9-16)29(32,33)34)18(11-15)21-22-24(46-25-23(21)47-28(44)39-25)27(43)40(26(22)42)17-6-2-4-14(10-17)30(35,36)37/h1-11,21-22,24H,12H2,(H,38,41)(H,39,44)/t21-,22?,24?/m1/s1. The van der Waals surface area contributed by atoms with E-state index in [2.05, 4.69) is 10.3 Å². The van der Waals surface area contributed by atoms with Crippen molar-refractivity contribution in [3.8, 4) is 5.75 Å². The van der Waals surface area contributed by atoms with Crippen molar-refractivity contribution in [2.75, 3.05) is 16.8 Å². The predicted molar refractivity (Wildman–Crippen MR) is 161 cm³/mol. The van der Waals surface area contributed by atoms with Crippen molar-refractivity contribution in [3.05, 3.63) is 103 Å². The van der Waals surface area contributed by atoms with Crippen molar-refractivity contribution in [2.45, 2.75) is 28.5 Å². The second-order valence-corrected chi connectivity index (χ2v) is 13.0. The first-order valence-electron chi connectivity index (χ1n) is 13.5. The Kier molecular flexibility index (Phi) is 8.38. The third-order valence-electron chi connectivity index (χ3n) is 7.39. The molecule has 8 nitrogen and oxygen atoms in total. The Labute approximate surface area is 273 Å². The summed E-state index contributed by atoms with van der Waals surface area (Å²) in [6.07, 6.45) is -9.38. The van der Waals surface area contributed by atoms with E-state index in [9.17, 15) is 45.5 Å². The number of thioether (sulfide) groups is 1. The van der Waals surface area contributed by atoms with Gasteiger partial charge in [-0.25, -0.2) is 4.90 Å². The molecule has 1 saturated heterocycles. The third kappa shape index (κ3) is 6.36. The van der Waals surface area contributed by atoms with Crippen LogP contribution in [0.5, 0.6) is 5.75 Å². The topological polar surface area (TPSA) is 109 Å². The molecule has 3 aromatic carbocycles. The van der Waals surface area contributed by atoms with Gasteiger partial charge in [0, 0.05) is 27.1 Å². The number of halogens is 7. The van der Waals surface area contributed by atoms with Crippen LogP contribution in [0.2, 0.25) is 5.02 Å². The van der Waals surface area contributed by atoms with Gasteiger partial charge in [0.2, 0.25) is 11.8 Å². The van der Waals surface area contributed by atoms with Crippen molar-refractivity contribution in [1.82, 2.24) is 4.98 Å².